The van der Waals surface area contributed by atoms with Gasteiger partial charge in [-0.25, -0.2) is 0 Å². The molecule has 2 aliphatic rings. The molecule has 2 aromatic rings. The van der Waals surface area contributed by atoms with E-state index in [-0.39, 0.29) is 17.4 Å². The molecule has 138 valence electrons. The highest BCUT2D eigenvalue weighted by molar-refractivity contribution is 6.06. The molecule has 7 heteroatoms. The predicted octanol–water partition coefficient (Wildman–Crippen LogP) is 0.979. The van der Waals surface area contributed by atoms with Crippen molar-refractivity contribution in [2.75, 3.05) is 23.3 Å². The van der Waals surface area contributed by atoms with Gasteiger partial charge in [0.25, 0.3) is 0 Å². The number of rotatable bonds is 3. The van der Waals surface area contributed by atoms with Crippen molar-refractivity contribution in [1.29, 1.82) is 0 Å². The third-order valence-corrected chi connectivity index (χ3v) is 5.98. The second-order valence-electron chi connectivity index (χ2n) is 7.85. The summed E-state index contributed by atoms with van der Waals surface area (Å²) in [4.78, 5) is 27.4. The quantitative estimate of drug-likeness (QED) is 0.829. The van der Waals surface area contributed by atoms with Crippen LogP contribution in [0, 0.1) is 12.8 Å². The number of nitrogens with zero attached hydrogens (tertiary/aromatic N) is 3. The number of carbonyl (C=O) groups is 2. The van der Waals surface area contributed by atoms with Gasteiger partial charge in [-0.1, -0.05) is 13.8 Å². The molecule has 4 heterocycles. The first kappa shape index (κ1) is 16.9. The van der Waals surface area contributed by atoms with E-state index in [1.54, 1.807) is 17.6 Å². The molecule has 2 aromatic heterocycles. The van der Waals surface area contributed by atoms with Crippen LogP contribution < -0.4 is 19.7 Å². The third-order valence-electron chi connectivity index (χ3n) is 5.98. The van der Waals surface area contributed by atoms with Crippen molar-refractivity contribution in [3.63, 3.8) is 0 Å². The summed E-state index contributed by atoms with van der Waals surface area (Å²) in [5, 5.41) is 15.2. The lowest BCUT2D eigenvalue weighted by Crippen LogP contribution is -2.47. The van der Waals surface area contributed by atoms with Gasteiger partial charge in [0.1, 0.15) is 5.54 Å². The van der Waals surface area contributed by atoms with Gasteiger partial charge in [0, 0.05) is 5.56 Å². The minimum atomic E-state index is -1.23. The molecule has 7 nitrogen and oxygen atoms in total. The van der Waals surface area contributed by atoms with E-state index in [0.717, 1.165) is 31.9 Å². The molecular formula is C19H24N4O3. The molecule has 26 heavy (non-hydrogen) atoms. The van der Waals surface area contributed by atoms with Gasteiger partial charge in [-0.15, -0.1) is 4.57 Å². The van der Waals surface area contributed by atoms with Gasteiger partial charge in [0.05, 0.1) is 25.3 Å². The lowest BCUT2D eigenvalue weighted by Gasteiger charge is -2.26. The highest BCUT2D eigenvalue weighted by Gasteiger charge is 2.52. The van der Waals surface area contributed by atoms with Crippen molar-refractivity contribution in [1.82, 2.24) is 4.57 Å². The lowest BCUT2D eigenvalue weighted by atomic mass is 9.88. The van der Waals surface area contributed by atoms with Crippen LogP contribution in [-0.2, 0) is 0 Å². The summed E-state index contributed by atoms with van der Waals surface area (Å²) in [5.41, 5.74) is 0.490. The first-order valence-electron chi connectivity index (χ1n) is 9.16. The Balaban J connectivity index is 2.09. The number of carboxylic acids is 1. The van der Waals surface area contributed by atoms with Gasteiger partial charge in [-0.05, 0) is 44.2 Å². The Bertz CT molecular complexity index is 940. The average molecular weight is 356 g/mol. The fourth-order valence-corrected chi connectivity index (χ4v) is 4.06. The van der Waals surface area contributed by atoms with Crippen LogP contribution in [0.25, 0.3) is 5.52 Å². The summed E-state index contributed by atoms with van der Waals surface area (Å²) in [5.74, 6) is 0.0647. The van der Waals surface area contributed by atoms with E-state index in [9.17, 15) is 14.7 Å². The largest absolute Gasteiger partial charge is 0.545 e. The summed E-state index contributed by atoms with van der Waals surface area (Å²) in [6.45, 7) is 9.33. The molecule has 0 spiro atoms. The average Bonchev–Trinajstić information content (AvgIpc) is 3.25. The first-order chi connectivity index (χ1) is 12.3. The van der Waals surface area contributed by atoms with Gasteiger partial charge in [-0.2, -0.15) is 4.40 Å². The third kappa shape index (κ3) is 2.03. The van der Waals surface area contributed by atoms with Crippen molar-refractivity contribution in [3.05, 3.63) is 23.4 Å². The summed E-state index contributed by atoms with van der Waals surface area (Å²) >= 11 is 0. The van der Waals surface area contributed by atoms with Gasteiger partial charge < -0.3 is 15.2 Å². The number of fused-ring (bicyclic) bond motifs is 3. The molecule has 1 atom stereocenters. The number of hydrogen-bond acceptors (Lipinski definition) is 5. The molecule has 4 rings (SSSR count). The van der Waals surface area contributed by atoms with E-state index in [4.69, 9.17) is 0 Å². The Hall–Kier alpha value is -2.57. The van der Waals surface area contributed by atoms with E-state index in [1.165, 1.54) is 0 Å². The number of carbonyl (C=O) groups excluding carboxylic acids is 2. The van der Waals surface area contributed by atoms with Crippen LogP contribution in [0.3, 0.4) is 0 Å². The molecule has 2 aliphatic heterocycles. The zero-order valence-electron chi connectivity index (χ0n) is 15.6. The highest BCUT2D eigenvalue weighted by atomic mass is 16.4. The number of imidazole rings is 1. The number of anilines is 2. The normalized spacial score (nSPS) is 22.3. The number of pyridine rings is 1. The Morgan fingerprint density at radius 3 is 2.58 bits per heavy atom. The molecule has 0 amide bonds. The smallest absolute Gasteiger partial charge is 0.374 e. The minimum Gasteiger partial charge on any atom is -0.545 e. The van der Waals surface area contributed by atoms with E-state index in [2.05, 4.69) is 10.2 Å². The van der Waals surface area contributed by atoms with Crippen LogP contribution in [0.15, 0.2) is 12.3 Å². The van der Waals surface area contributed by atoms with E-state index < -0.39 is 11.5 Å². The van der Waals surface area contributed by atoms with Gasteiger partial charge in [0.2, 0.25) is 5.82 Å². The first-order valence-corrected chi connectivity index (χ1v) is 9.16. The van der Waals surface area contributed by atoms with Crippen LogP contribution in [0.4, 0.5) is 11.8 Å². The van der Waals surface area contributed by atoms with Crippen molar-refractivity contribution in [2.24, 2.45) is 5.92 Å². The van der Waals surface area contributed by atoms with Crippen LogP contribution >= 0.6 is 0 Å². The zero-order chi connectivity index (χ0) is 18.8. The molecule has 0 aliphatic carbocycles. The van der Waals surface area contributed by atoms with E-state index in [0.29, 0.717) is 16.9 Å². The molecule has 1 unspecified atom stereocenters. The fraction of sp³-hybridized carbons (Fsp3) is 0.526. The zero-order valence-corrected chi connectivity index (χ0v) is 15.6. The van der Waals surface area contributed by atoms with E-state index >= 15 is 0 Å². The van der Waals surface area contributed by atoms with Crippen LogP contribution in [0.2, 0.25) is 0 Å². The van der Waals surface area contributed by atoms with Crippen LogP contribution in [0.1, 0.15) is 54.3 Å². The number of aryl methyl sites for hydroxylation is 1. The van der Waals surface area contributed by atoms with Crippen molar-refractivity contribution in [3.8, 4) is 0 Å². The Labute approximate surface area is 152 Å². The molecule has 1 fully saturated rings. The number of carboxylic acid groups (broad SMARTS) is 1. The monoisotopic (exact) mass is 356 g/mol. The summed E-state index contributed by atoms with van der Waals surface area (Å²) in [7, 11) is 0. The van der Waals surface area contributed by atoms with Crippen LogP contribution in [0.5, 0.6) is 0 Å². The molecule has 1 saturated heterocycles. The van der Waals surface area contributed by atoms with Crippen molar-refractivity contribution in [2.45, 2.75) is 46.1 Å². The fourth-order valence-electron chi connectivity index (χ4n) is 4.06. The van der Waals surface area contributed by atoms with Gasteiger partial charge >= 0.3 is 11.9 Å². The predicted molar refractivity (Wildman–Crippen MR) is 95.6 cm³/mol. The Morgan fingerprint density at radius 1 is 1.35 bits per heavy atom. The molecule has 0 bridgehead atoms. The summed E-state index contributed by atoms with van der Waals surface area (Å²) in [6.07, 6.45) is 3.97. The Kier molecular flexibility index (Phi) is 3.54. The topological polar surface area (TPSA) is 81.5 Å². The van der Waals surface area contributed by atoms with Crippen molar-refractivity contribution >= 4 is 29.2 Å². The number of nitrogens with one attached hydrogen (secondary N) is 1. The summed E-state index contributed by atoms with van der Waals surface area (Å²) < 4.78 is 3.50. The maximum absolute atomic E-state index is 13.4. The second-order valence-corrected chi connectivity index (χ2v) is 7.85. The van der Waals surface area contributed by atoms with Gasteiger partial charge in [0.15, 0.2) is 5.52 Å². The molecular weight excluding hydrogens is 332 g/mol. The molecule has 1 N–H and O–H groups in total. The molecule has 0 saturated carbocycles. The lowest BCUT2D eigenvalue weighted by molar-refractivity contribution is -0.498. The Morgan fingerprint density at radius 2 is 2.00 bits per heavy atom. The van der Waals surface area contributed by atoms with E-state index in [1.807, 2.05) is 31.4 Å². The van der Waals surface area contributed by atoms with Crippen LogP contribution in [-0.4, -0.2) is 35.1 Å². The number of aromatic carboxylic acids is 1. The standard InChI is InChI=1S/C19H24N4O3/c1-11(2)19(4)17(26)23-15(20-19)14-13(16(24)25)12(3)7-10-22(14)18(23)21-8-5-6-9-21/h7,10-11,20H,5-6,8-9H2,1-4H3. The summed E-state index contributed by atoms with van der Waals surface area (Å²) in [6, 6.07) is 1.76. The second kappa shape index (κ2) is 5.46. The maximum Gasteiger partial charge on any atom is 0.374 e. The molecule has 0 radical (unpaired) electrons. The number of aromatic nitrogens is 2. The SMILES string of the molecule is Cc1cc[n+]2c(N3CCCC3)n3c(c2c1C(=O)[O-])NC(C)(C(C)C)C3=O. The van der Waals surface area contributed by atoms with Crippen molar-refractivity contribution < 1.29 is 19.1 Å². The highest BCUT2D eigenvalue weighted by Crippen LogP contribution is 2.39. The van der Waals surface area contributed by atoms with Gasteiger partial charge in [-0.3, -0.25) is 9.69 Å². The number of hydrogen-bond donors (Lipinski definition) is 1. The minimum absolute atomic E-state index is 0.0462. The molecule has 0 aromatic carbocycles. The maximum atomic E-state index is 13.4.